The Morgan fingerprint density at radius 1 is 1.41 bits per heavy atom. The van der Waals surface area contributed by atoms with Gasteiger partial charge < -0.3 is 14.6 Å². The first-order valence-electron chi connectivity index (χ1n) is 7.00. The summed E-state index contributed by atoms with van der Waals surface area (Å²) in [5.41, 5.74) is 1.16. The lowest BCUT2D eigenvalue weighted by Gasteiger charge is -2.22. The molecule has 7 heteroatoms. The number of carbonyl (C=O) groups excluding carboxylic acids is 1. The topological polar surface area (TPSA) is 68.2 Å². The Kier molecular flexibility index (Phi) is 5.94. The highest BCUT2D eigenvalue weighted by atomic mass is 35.5. The van der Waals surface area contributed by atoms with Crippen LogP contribution < -0.4 is 10.6 Å². The van der Waals surface area contributed by atoms with E-state index in [1.807, 2.05) is 41.1 Å². The van der Waals surface area contributed by atoms with Gasteiger partial charge in [0.25, 0.3) is 0 Å². The fraction of sp³-hybridized carbons (Fsp3) is 0.333. The van der Waals surface area contributed by atoms with Crippen LogP contribution in [0.2, 0.25) is 0 Å². The van der Waals surface area contributed by atoms with Gasteiger partial charge in [-0.25, -0.2) is 4.98 Å². The molecule has 0 bridgehead atoms. The summed E-state index contributed by atoms with van der Waals surface area (Å²) in [5.74, 6) is 0.437. The smallest absolute Gasteiger partial charge is 0.246 e. The lowest BCUT2D eigenvalue weighted by molar-refractivity contribution is -0.120. The molecule has 1 aliphatic heterocycles. The number of carbonyl (C=O) groups is 1. The number of imidazole rings is 1. The van der Waals surface area contributed by atoms with Crippen LogP contribution in [0.5, 0.6) is 0 Å². The van der Waals surface area contributed by atoms with E-state index in [2.05, 4.69) is 15.6 Å². The molecule has 1 amide bonds. The van der Waals surface area contributed by atoms with Gasteiger partial charge >= 0.3 is 0 Å². The van der Waals surface area contributed by atoms with Crippen LogP contribution in [-0.4, -0.2) is 41.3 Å². The first kappa shape index (κ1) is 16.5. The summed E-state index contributed by atoms with van der Waals surface area (Å²) in [4.78, 5) is 16.4. The summed E-state index contributed by atoms with van der Waals surface area (Å²) < 4.78 is 7.21. The zero-order valence-corrected chi connectivity index (χ0v) is 12.9. The molecule has 1 aromatic heterocycles. The Balaban J connectivity index is 0.00000176. The molecule has 3 rings (SSSR count). The number of nitrogens with zero attached hydrogens (tertiary/aromatic N) is 2. The molecule has 1 fully saturated rings. The molecular formula is C15H19ClN4O2. The van der Waals surface area contributed by atoms with Crippen molar-refractivity contribution in [3.63, 3.8) is 0 Å². The van der Waals surface area contributed by atoms with Crippen molar-refractivity contribution in [1.82, 2.24) is 14.9 Å². The van der Waals surface area contributed by atoms with E-state index in [1.165, 1.54) is 0 Å². The average Bonchev–Trinajstić information content (AvgIpc) is 2.96. The molecule has 1 aliphatic rings. The van der Waals surface area contributed by atoms with Crippen LogP contribution in [0, 0.1) is 0 Å². The lowest BCUT2D eigenvalue weighted by Crippen LogP contribution is -2.49. The Labute approximate surface area is 135 Å². The number of halogens is 1. The molecular weight excluding hydrogens is 304 g/mol. The highest BCUT2D eigenvalue weighted by Crippen LogP contribution is 2.10. The van der Waals surface area contributed by atoms with Crippen LogP contribution in [0.3, 0.4) is 0 Å². The predicted octanol–water partition coefficient (Wildman–Crippen LogP) is 1.28. The van der Waals surface area contributed by atoms with E-state index < -0.39 is 0 Å². The molecule has 1 saturated heterocycles. The number of hydrogen-bond donors (Lipinski definition) is 2. The minimum atomic E-state index is -0.319. The fourth-order valence-corrected chi connectivity index (χ4v) is 2.27. The highest BCUT2D eigenvalue weighted by molar-refractivity contribution is 5.93. The number of morpholine rings is 1. The molecule has 1 atom stereocenters. The minimum absolute atomic E-state index is 0. The zero-order valence-electron chi connectivity index (χ0n) is 12.1. The van der Waals surface area contributed by atoms with Gasteiger partial charge in [0.05, 0.1) is 19.8 Å². The summed E-state index contributed by atoms with van der Waals surface area (Å²) in [5, 5.41) is 5.98. The zero-order chi connectivity index (χ0) is 14.5. The second-order valence-electron chi connectivity index (χ2n) is 4.94. The van der Waals surface area contributed by atoms with Crippen LogP contribution in [0.15, 0.2) is 42.7 Å². The normalized spacial score (nSPS) is 17.5. The largest absolute Gasteiger partial charge is 0.378 e. The van der Waals surface area contributed by atoms with Crippen molar-refractivity contribution in [3.8, 4) is 0 Å². The summed E-state index contributed by atoms with van der Waals surface area (Å²) >= 11 is 0. The van der Waals surface area contributed by atoms with E-state index in [-0.39, 0.29) is 24.4 Å². The van der Waals surface area contributed by atoms with E-state index in [0.717, 1.165) is 5.56 Å². The van der Waals surface area contributed by atoms with Gasteiger partial charge in [-0.15, -0.1) is 12.4 Å². The van der Waals surface area contributed by atoms with Gasteiger partial charge in [-0.1, -0.05) is 30.3 Å². The van der Waals surface area contributed by atoms with E-state index in [4.69, 9.17) is 4.74 Å². The first-order valence-corrected chi connectivity index (χ1v) is 7.00. The van der Waals surface area contributed by atoms with Crippen LogP contribution in [-0.2, 0) is 16.1 Å². The number of hydrogen-bond acceptors (Lipinski definition) is 4. The van der Waals surface area contributed by atoms with Crippen LogP contribution in [0.25, 0.3) is 0 Å². The molecule has 2 aromatic rings. The fourth-order valence-electron chi connectivity index (χ4n) is 2.27. The molecule has 22 heavy (non-hydrogen) atoms. The minimum Gasteiger partial charge on any atom is -0.378 e. The van der Waals surface area contributed by atoms with E-state index in [0.29, 0.717) is 32.3 Å². The Bertz CT molecular complexity index is 597. The number of benzene rings is 1. The average molecular weight is 323 g/mol. The molecule has 1 unspecified atom stereocenters. The summed E-state index contributed by atoms with van der Waals surface area (Å²) in [6, 6.07) is 9.74. The van der Waals surface area contributed by atoms with Crippen molar-refractivity contribution in [3.05, 3.63) is 48.3 Å². The molecule has 0 radical (unpaired) electrons. The van der Waals surface area contributed by atoms with Gasteiger partial charge in [-0.3, -0.25) is 10.1 Å². The first-order chi connectivity index (χ1) is 10.3. The Hall–Kier alpha value is -1.89. The molecule has 6 nitrogen and oxygen atoms in total. The number of ether oxygens (including phenoxy) is 1. The van der Waals surface area contributed by atoms with E-state index in [9.17, 15) is 4.79 Å². The molecule has 0 saturated carbocycles. The number of aromatic nitrogens is 2. The third kappa shape index (κ3) is 4.07. The van der Waals surface area contributed by atoms with Crippen molar-refractivity contribution in [2.24, 2.45) is 0 Å². The molecule has 2 heterocycles. The third-order valence-electron chi connectivity index (χ3n) is 3.38. The van der Waals surface area contributed by atoms with Crippen molar-refractivity contribution in [1.29, 1.82) is 0 Å². The Morgan fingerprint density at radius 2 is 2.23 bits per heavy atom. The standard InChI is InChI=1S/C15H18N4O2.ClH/c20-14(13-11-21-9-7-16-13)18-15-17-6-8-19(15)10-12-4-2-1-3-5-12;/h1-6,8,13,16H,7,9-11H2,(H,17,18,20);1H. The van der Waals surface area contributed by atoms with Gasteiger partial charge in [-0.05, 0) is 5.56 Å². The van der Waals surface area contributed by atoms with Gasteiger partial charge in [-0.2, -0.15) is 0 Å². The van der Waals surface area contributed by atoms with Gasteiger partial charge in [0.15, 0.2) is 0 Å². The summed E-state index contributed by atoms with van der Waals surface area (Å²) in [6.45, 7) is 2.40. The molecule has 2 N–H and O–H groups in total. The third-order valence-corrected chi connectivity index (χ3v) is 3.38. The number of amides is 1. The summed E-state index contributed by atoms with van der Waals surface area (Å²) in [6.07, 6.45) is 3.54. The molecule has 118 valence electrons. The second-order valence-corrected chi connectivity index (χ2v) is 4.94. The van der Waals surface area contributed by atoms with Crippen LogP contribution >= 0.6 is 12.4 Å². The quantitative estimate of drug-likeness (QED) is 0.890. The SMILES string of the molecule is Cl.O=C(Nc1nccn1Cc1ccccc1)C1COCCN1. The van der Waals surface area contributed by atoms with E-state index in [1.54, 1.807) is 6.20 Å². The number of nitrogens with one attached hydrogen (secondary N) is 2. The Morgan fingerprint density at radius 3 is 2.95 bits per heavy atom. The maximum absolute atomic E-state index is 12.2. The molecule has 0 spiro atoms. The van der Waals surface area contributed by atoms with Crippen LogP contribution in [0.4, 0.5) is 5.95 Å². The maximum atomic E-state index is 12.2. The van der Waals surface area contributed by atoms with E-state index >= 15 is 0 Å². The highest BCUT2D eigenvalue weighted by Gasteiger charge is 2.22. The van der Waals surface area contributed by atoms with Gasteiger partial charge in [0.2, 0.25) is 11.9 Å². The second kappa shape index (κ2) is 7.93. The van der Waals surface area contributed by atoms with Crippen molar-refractivity contribution >= 4 is 24.3 Å². The van der Waals surface area contributed by atoms with Crippen molar-refractivity contribution < 1.29 is 9.53 Å². The lowest BCUT2D eigenvalue weighted by atomic mass is 10.2. The van der Waals surface area contributed by atoms with Gasteiger partial charge in [0, 0.05) is 18.9 Å². The van der Waals surface area contributed by atoms with Crippen LogP contribution in [0.1, 0.15) is 5.56 Å². The summed E-state index contributed by atoms with van der Waals surface area (Å²) in [7, 11) is 0. The number of rotatable bonds is 4. The monoisotopic (exact) mass is 322 g/mol. The van der Waals surface area contributed by atoms with Crippen molar-refractivity contribution in [2.75, 3.05) is 25.1 Å². The molecule has 1 aromatic carbocycles. The molecule has 0 aliphatic carbocycles. The predicted molar refractivity (Wildman–Crippen MR) is 86.3 cm³/mol. The maximum Gasteiger partial charge on any atom is 0.246 e. The number of anilines is 1. The van der Waals surface area contributed by atoms with Gasteiger partial charge in [0.1, 0.15) is 6.04 Å². The van der Waals surface area contributed by atoms with Crippen molar-refractivity contribution in [2.45, 2.75) is 12.6 Å².